The molecule has 0 radical (unpaired) electrons. The molecular weight excluding hydrogens is 238 g/mol. The summed E-state index contributed by atoms with van der Waals surface area (Å²) in [6.07, 6.45) is 1.81. The van der Waals surface area contributed by atoms with Gasteiger partial charge in [-0.25, -0.2) is 9.97 Å². The van der Waals surface area contributed by atoms with Crippen LogP contribution in [0.3, 0.4) is 0 Å². The van der Waals surface area contributed by atoms with Crippen LogP contribution in [0.5, 0.6) is 0 Å². The Morgan fingerprint density at radius 1 is 1.26 bits per heavy atom. The Kier molecular flexibility index (Phi) is 3.05. The average Bonchev–Trinajstić information content (AvgIpc) is 2.39. The standard InChI is InChI=1S/C15H17N3O/c1-11-4-2-3-5-12(11)13-6-7-17-14(18-13)15(8-16)9-19-10-15/h2-7H,8-10,16H2,1H3. The van der Waals surface area contributed by atoms with Crippen molar-refractivity contribution in [1.82, 2.24) is 9.97 Å². The summed E-state index contributed by atoms with van der Waals surface area (Å²) < 4.78 is 5.29. The Bertz CT molecular complexity index is 588. The second-order valence-corrected chi connectivity index (χ2v) is 5.06. The molecule has 4 nitrogen and oxygen atoms in total. The van der Waals surface area contributed by atoms with Crippen molar-refractivity contribution in [3.8, 4) is 11.3 Å². The van der Waals surface area contributed by atoms with E-state index in [2.05, 4.69) is 24.0 Å². The number of ether oxygens (including phenoxy) is 1. The van der Waals surface area contributed by atoms with Crippen molar-refractivity contribution in [2.75, 3.05) is 19.8 Å². The van der Waals surface area contributed by atoms with E-state index in [4.69, 9.17) is 15.5 Å². The lowest BCUT2D eigenvalue weighted by Crippen LogP contribution is -2.53. The van der Waals surface area contributed by atoms with Crippen molar-refractivity contribution in [3.05, 3.63) is 47.9 Å². The van der Waals surface area contributed by atoms with Crippen molar-refractivity contribution in [1.29, 1.82) is 0 Å². The van der Waals surface area contributed by atoms with Gasteiger partial charge in [-0.1, -0.05) is 24.3 Å². The van der Waals surface area contributed by atoms with Crippen LogP contribution in [0.2, 0.25) is 0 Å². The summed E-state index contributed by atoms with van der Waals surface area (Å²) in [6.45, 7) is 3.83. The van der Waals surface area contributed by atoms with Crippen LogP contribution in [0.1, 0.15) is 11.4 Å². The third-order valence-corrected chi connectivity index (χ3v) is 3.70. The molecule has 1 aliphatic rings. The van der Waals surface area contributed by atoms with Crippen molar-refractivity contribution in [2.45, 2.75) is 12.3 Å². The molecule has 0 bridgehead atoms. The fourth-order valence-electron chi connectivity index (χ4n) is 2.31. The number of hydrogen-bond donors (Lipinski definition) is 1. The van der Waals surface area contributed by atoms with Crippen LogP contribution >= 0.6 is 0 Å². The van der Waals surface area contributed by atoms with Crippen molar-refractivity contribution < 1.29 is 4.74 Å². The van der Waals surface area contributed by atoms with E-state index in [1.165, 1.54) is 5.56 Å². The first kappa shape index (κ1) is 12.3. The van der Waals surface area contributed by atoms with Gasteiger partial charge in [-0.15, -0.1) is 0 Å². The largest absolute Gasteiger partial charge is 0.379 e. The lowest BCUT2D eigenvalue weighted by Gasteiger charge is -2.38. The fourth-order valence-corrected chi connectivity index (χ4v) is 2.31. The first-order valence-corrected chi connectivity index (χ1v) is 6.42. The molecule has 2 N–H and O–H groups in total. The summed E-state index contributed by atoms with van der Waals surface area (Å²) in [4.78, 5) is 9.09. The van der Waals surface area contributed by atoms with Crippen molar-refractivity contribution >= 4 is 0 Å². The molecule has 1 fully saturated rings. The molecule has 1 aliphatic heterocycles. The predicted octanol–water partition coefficient (Wildman–Crippen LogP) is 1.68. The van der Waals surface area contributed by atoms with Gasteiger partial charge in [0.05, 0.1) is 24.3 Å². The molecule has 19 heavy (non-hydrogen) atoms. The van der Waals surface area contributed by atoms with Gasteiger partial charge in [-0.3, -0.25) is 0 Å². The molecule has 0 atom stereocenters. The number of rotatable bonds is 3. The maximum Gasteiger partial charge on any atom is 0.141 e. The Labute approximate surface area is 112 Å². The zero-order valence-corrected chi connectivity index (χ0v) is 11.0. The van der Waals surface area contributed by atoms with Gasteiger partial charge in [0.25, 0.3) is 0 Å². The number of nitrogens with zero attached hydrogens (tertiary/aromatic N) is 2. The minimum Gasteiger partial charge on any atom is -0.379 e. The molecule has 1 saturated heterocycles. The molecule has 1 aromatic carbocycles. The zero-order chi connectivity index (χ0) is 13.3. The van der Waals surface area contributed by atoms with Crippen molar-refractivity contribution in [3.63, 3.8) is 0 Å². The van der Waals surface area contributed by atoms with E-state index in [9.17, 15) is 0 Å². The summed E-state index contributed by atoms with van der Waals surface area (Å²) >= 11 is 0. The van der Waals surface area contributed by atoms with Gasteiger partial charge in [0.1, 0.15) is 5.82 Å². The predicted molar refractivity (Wildman–Crippen MR) is 73.8 cm³/mol. The second kappa shape index (κ2) is 4.72. The van der Waals surface area contributed by atoms with E-state index in [-0.39, 0.29) is 5.41 Å². The van der Waals surface area contributed by atoms with Gasteiger partial charge in [0, 0.05) is 18.3 Å². The Morgan fingerprint density at radius 3 is 2.68 bits per heavy atom. The molecule has 0 unspecified atom stereocenters. The summed E-state index contributed by atoms with van der Waals surface area (Å²) in [7, 11) is 0. The first-order chi connectivity index (χ1) is 9.25. The Morgan fingerprint density at radius 2 is 2.05 bits per heavy atom. The van der Waals surface area contributed by atoms with Crippen LogP contribution in [0, 0.1) is 6.92 Å². The van der Waals surface area contributed by atoms with E-state index < -0.39 is 0 Å². The Hall–Kier alpha value is -1.78. The SMILES string of the molecule is Cc1ccccc1-c1ccnc(C2(CN)COC2)n1. The van der Waals surface area contributed by atoms with E-state index in [1.54, 1.807) is 6.20 Å². The highest BCUT2D eigenvalue weighted by atomic mass is 16.5. The monoisotopic (exact) mass is 255 g/mol. The summed E-state index contributed by atoms with van der Waals surface area (Å²) in [5.74, 6) is 0.794. The molecule has 0 amide bonds. The van der Waals surface area contributed by atoms with E-state index in [0.717, 1.165) is 17.1 Å². The third kappa shape index (κ3) is 2.03. The van der Waals surface area contributed by atoms with Crippen LogP contribution in [-0.2, 0) is 10.2 Å². The van der Waals surface area contributed by atoms with Gasteiger partial charge in [0.2, 0.25) is 0 Å². The first-order valence-electron chi connectivity index (χ1n) is 6.42. The van der Waals surface area contributed by atoms with Crippen LogP contribution in [0.25, 0.3) is 11.3 Å². The molecule has 1 aromatic heterocycles. The number of benzene rings is 1. The smallest absolute Gasteiger partial charge is 0.141 e. The topological polar surface area (TPSA) is 61.0 Å². The van der Waals surface area contributed by atoms with E-state index in [1.807, 2.05) is 18.2 Å². The highest BCUT2D eigenvalue weighted by molar-refractivity contribution is 5.63. The molecule has 2 heterocycles. The lowest BCUT2D eigenvalue weighted by molar-refractivity contribution is -0.0593. The molecular formula is C15H17N3O. The van der Waals surface area contributed by atoms with Gasteiger partial charge >= 0.3 is 0 Å². The molecule has 2 aromatic rings. The highest BCUT2D eigenvalue weighted by Crippen LogP contribution is 2.30. The van der Waals surface area contributed by atoms with Crippen LogP contribution in [0.4, 0.5) is 0 Å². The number of nitrogens with two attached hydrogens (primary N) is 1. The third-order valence-electron chi connectivity index (χ3n) is 3.70. The second-order valence-electron chi connectivity index (χ2n) is 5.06. The molecule has 0 saturated carbocycles. The van der Waals surface area contributed by atoms with Gasteiger partial charge < -0.3 is 10.5 Å². The molecule has 4 heteroatoms. The van der Waals surface area contributed by atoms with Gasteiger partial charge in [-0.05, 0) is 18.6 Å². The maximum atomic E-state index is 5.86. The summed E-state index contributed by atoms with van der Waals surface area (Å²) in [5, 5.41) is 0. The van der Waals surface area contributed by atoms with Gasteiger partial charge in [0.15, 0.2) is 0 Å². The van der Waals surface area contributed by atoms with Crippen molar-refractivity contribution in [2.24, 2.45) is 5.73 Å². The molecule has 3 rings (SSSR count). The van der Waals surface area contributed by atoms with Crippen LogP contribution in [0.15, 0.2) is 36.5 Å². The van der Waals surface area contributed by atoms with Crippen LogP contribution in [-0.4, -0.2) is 29.7 Å². The van der Waals surface area contributed by atoms with Gasteiger partial charge in [-0.2, -0.15) is 0 Å². The maximum absolute atomic E-state index is 5.86. The zero-order valence-electron chi connectivity index (χ0n) is 11.0. The molecule has 0 spiro atoms. The summed E-state index contributed by atoms with van der Waals surface area (Å²) in [5.41, 5.74) is 8.96. The normalized spacial score (nSPS) is 16.9. The van der Waals surface area contributed by atoms with Crippen LogP contribution < -0.4 is 5.73 Å². The quantitative estimate of drug-likeness (QED) is 0.906. The number of aryl methyl sites for hydroxylation is 1. The molecule has 0 aliphatic carbocycles. The lowest BCUT2D eigenvalue weighted by atomic mass is 9.85. The summed E-state index contributed by atoms with van der Waals surface area (Å²) in [6, 6.07) is 10.2. The minimum atomic E-state index is -0.196. The van der Waals surface area contributed by atoms with E-state index >= 15 is 0 Å². The number of aromatic nitrogens is 2. The fraction of sp³-hybridized carbons (Fsp3) is 0.333. The average molecular weight is 255 g/mol. The number of hydrogen-bond acceptors (Lipinski definition) is 4. The van der Waals surface area contributed by atoms with E-state index in [0.29, 0.717) is 19.8 Å². The molecule has 98 valence electrons. The minimum absolute atomic E-state index is 0.196. The highest BCUT2D eigenvalue weighted by Gasteiger charge is 2.42. The Balaban J connectivity index is 2.03.